The summed E-state index contributed by atoms with van der Waals surface area (Å²) in [5.41, 5.74) is -0.151. The molecule has 0 saturated heterocycles. The fourth-order valence-corrected chi connectivity index (χ4v) is 3.57. The normalized spacial score (nSPS) is 11.6. The van der Waals surface area contributed by atoms with Crippen molar-refractivity contribution < 1.29 is 22.7 Å². The lowest BCUT2D eigenvalue weighted by Gasteiger charge is -2.11. The van der Waals surface area contributed by atoms with Gasteiger partial charge < -0.3 is 10.1 Å². The van der Waals surface area contributed by atoms with Gasteiger partial charge in [-0.05, 0) is 75.6 Å². The van der Waals surface area contributed by atoms with Gasteiger partial charge in [0.1, 0.15) is 24.0 Å². The van der Waals surface area contributed by atoms with Crippen LogP contribution in [0.4, 0.5) is 18.9 Å². The number of hydrogen-bond acceptors (Lipinski definition) is 3. The number of alkyl halides is 3. The van der Waals surface area contributed by atoms with Gasteiger partial charge in [0.2, 0.25) is 0 Å². The lowest BCUT2D eigenvalue weighted by atomic mass is 10.1. The van der Waals surface area contributed by atoms with E-state index in [1.165, 1.54) is 6.08 Å². The Labute approximate surface area is 211 Å². The third-order valence-corrected chi connectivity index (χ3v) is 5.68. The Morgan fingerprint density at radius 2 is 1.79 bits per heavy atom. The van der Waals surface area contributed by atoms with Crippen molar-refractivity contribution in [3.63, 3.8) is 0 Å². The number of benzene rings is 3. The lowest BCUT2D eigenvalue weighted by molar-refractivity contribution is -0.137. The van der Waals surface area contributed by atoms with Gasteiger partial charge in [-0.15, -0.1) is 0 Å². The molecular formula is C24H14BrCl2F3N2O2. The highest BCUT2D eigenvalue weighted by atomic mass is 79.9. The molecule has 0 aliphatic heterocycles. The van der Waals surface area contributed by atoms with Crippen LogP contribution in [0.15, 0.2) is 70.7 Å². The maximum Gasteiger partial charge on any atom is 0.416 e. The van der Waals surface area contributed by atoms with Crippen molar-refractivity contribution >= 4 is 56.8 Å². The average Bonchev–Trinajstić information content (AvgIpc) is 2.78. The van der Waals surface area contributed by atoms with E-state index in [1.54, 1.807) is 36.4 Å². The summed E-state index contributed by atoms with van der Waals surface area (Å²) in [5.74, 6) is -0.367. The van der Waals surface area contributed by atoms with E-state index in [0.717, 1.165) is 17.7 Å². The number of amides is 1. The third kappa shape index (κ3) is 6.76. The van der Waals surface area contributed by atoms with Crippen LogP contribution >= 0.6 is 39.1 Å². The van der Waals surface area contributed by atoms with Crippen molar-refractivity contribution in [2.45, 2.75) is 12.8 Å². The van der Waals surface area contributed by atoms with Gasteiger partial charge in [0, 0.05) is 5.02 Å². The summed E-state index contributed by atoms with van der Waals surface area (Å²) < 4.78 is 45.2. The summed E-state index contributed by atoms with van der Waals surface area (Å²) in [7, 11) is 0. The number of carbonyl (C=O) groups is 1. The molecule has 0 spiro atoms. The molecule has 3 aromatic rings. The van der Waals surface area contributed by atoms with Crippen LogP contribution in [0.1, 0.15) is 16.7 Å². The van der Waals surface area contributed by atoms with E-state index in [9.17, 15) is 23.2 Å². The molecule has 0 atom stereocenters. The van der Waals surface area contributed by atoms with Crippen LogP contribution in [-0.2, 0) is 17.6 Å². The molecule has 0 bridgehead atoms. The number of nitriles is 1. The molecule has 3 rings (SSSR count). The number of hydrogen-bond donors (Lipinski definition) is 1. The van der Waals surface area contributed by atoms with Crippen LogP contribution in [-0.4, -0.2) is 5.91 Å². The second kappa shape index (κ2) is 11.0. The SMILES string of the molecule is N#C/C(=C/c1ccc(OCc2ccc(Cl)cc2)c(Br)c1)C(=O)Nc1cc(C(F)(F)F)ccc1Cl. The first-order valence-electron chi connectivity index (χ1n) is 9.53. The Kier molecular flexibility index (Phi) is 8.26. The summed E-state index contributed by atoms with van der Waals surface area (Å²) in [6, 6.07) is 16.4. The van der Waals surface area contributed by atoms with Crippen LogP contribution in [0.2, 0.25) is 10.0 Å². The number of halogens is 6. The summed E-state index contributed by atoms with van der Waals surface area (Å²) in [6.45, 7) is 0.300. The molecule has 10 heteroatoms. The summed E-state index contributed by atoms with van der Waals surface area (Å²) in [5, 5.41) is 12.2. The number of rotatable bonds is 6. The smallest absolute Gasteiger partial charge is 0.416 e. The highest BCUT2D eigenvalue weighted by Crippen LogP contribution is 2.34. The highest BCUT2D eigenvalue weighted by molar-refractivity contribution is 9.10. The van der Waals surface area contributed by atoms with Crippen molar-refractivity contribution in [2.75, 3.05) is 5.32 Å². The third-order valence-electron chi connectivity index (χ3n) is 4.48. The molecule has 0 heterocycles. The minimum Gasteiger partial charge on any atom is -0.488 e. The second-order valence-corrected chi connectivity index (χ2v) is 8.62. The molecule has 0 aromatic heterocycles. The van der Waals surface area contributed by atoms with Crippen molar-refractivity contribution in [2.24, 2.45) is 0 Å². The Morgan fingerprint density at radius 1 is 1.09 bits per heavy atom. The van der Waals surface area contributed by atoms with Crippen molar-refractivity contribution in [3.05, 3.63) is 97.4 Å². The number of nitrogens with one attached hydrogen (secondary N) is 1. The van der Waals surface area contributed by atoms with Gasteiger partial charge in [0.25, 0.3) is 5.91 Å². The highest BCUT2D eigenvalue weighted by Gasteiger charge is 2.31. The minimum absolute atomic E-state index is 0.0939. The zero-order chi connectivity index (χ0) is 24.9. The van der Waals surface area contributed by atoms with Crippen molar-refractivity contribution in [3.8, 4) is 11.8 Å². The van der Waals surface area contributed by atoms with Crippen LogP contribution in [0, 0.1) is 11.3 Å². The molecule has 0 fully saturated rings. The molecule has 0 aliphatic rings. The van der Waals surface area contributed by atoms with Gasteiger partial charge in [0.15, 0.2) is 0 Å². The summed E-state index contributed by atoms with van der Waals surface area (Å²) in [4.78, 5) is 12.5. The Bertz CT molecular complexity index is 1290. The van der Waals surface area contributed by atoms with E-state index in [4.69, 9.17) is 27.9 Å². The molecule has 1 amide bonds. The van der Waals surface area contributed by atoms with Gasteiger partial charge >= 0.3 is 6.18 Å². The minimum atomic E-state index is -4.61. The van der Waals surface area contributed by atoms with E-state index in [2.05, 4.69) is 21.2 Å². The van der Waals surface area contributed by atoms with Crippen LogP contribution < -0.4 is 10.1 Å². The quantitative estimate of drug-likeness (QED) is 0.242. The lowest BCUT2D eigenvalue weighted by Crippen LogP contribution is -2.15. The molecule has 174 valence electrons. The van der Waals surface area contributed by atoms with Crippen molar-refractivity contribution in [1.82, 2.24) is 0 Å². The number of nitrogens with zero attached hydrogens (tertiary/aromatic N) is 1. The first kappa shape index (κ1) is 25.6. The second-order valence-electron chi connectivity index (χ2n) is 6.92. The predicted octanol–water partition coefficient (Wildman–Crippen LogP) is 7.90. The fourth-order valence-electron chi connectivity index (χ4n) is 2.77. The standard InChI is InChI=1S/C24H14BrCl2F3N2O2/c25-19-10-15(3-8-22(19)34-13-14-1-5-18(26)6-2-14)9-16(12-31)23(33)32-21-11-17(24(28,29)30)4-7-20(21)27/h1-11H,13H2,(H,32,33)/b16-9-. The molecule has 0 saturated carbocycles. The monoisotopic (exact) mass is 568 g/mol. The molecule has 4 nitrogen and oxygen atoms in total. The topological polar surface area (TPSA) is 62.1 Å². The zero-order valence-corrected chi connectivity index (χ0v) is 20.2. The molecule has 1 N–H and O–H groups in total. The Morgan fingerprint density at radius 3 is 2.41 bits per heavy atom. The first-order chi connectivity index (χ1) is 16.1. The molecule has 3 aromatic carbocycles. The van der Waals surface area contributed by atoms with Gasteiger partial charge in [0.05, 0.1) is 20.7 Å². The Hall–Kier alpha value is -2.99. The molecular weight excluding hydrogens is 556 g/mol. The van der Waals surface area contributed by atoms with Crippen LogP contribution in [0.3, 0.4) is 0 Å². The summed E-state index contributed by atoms with van der Waals surface area (Å²) >= 11 is 15.2. The average molecular weight is 570 g/mol. The van der Waals surface area contributed by atoms with Crippen LogP contribution in [0.25, 0.3) is 6.08 Å². The van der Waals surface area contributed by atoms with E-state index in [0.29, 0.717) is 33.5 Å². The molecule has 34 heavy (non-hydrogen) atoms. The number of ether oxygens (including phenoxy) is 1. The predicted molar refractivity (Wildman–Crippen MR) is 129 cm³/mol. The maximum absolute atomic E-state index is 12.9. The molecule has 0 unspecified atom stereocenters. The zero-order valence-electron chi connectivity index (χ0n) is 17.1. The number of anilines is 1. The Balaban J connectivity index is 1.74. The van der Waals surface area contributed by atoms with E-state index in [-0.39, 0.29) is 16.3 Å². The fraction of sp³-hybridized carbons (Fsp3) is 0.0833. The van der Waals surface area contributed by atoms with E-state index < -0.39 is 17.6 Å². The maximum atomic E-state index is 12.9. The van der Waals surface area contributed by atoms with Gasteiger partial charge in [-0.3, -0.25) is 4.79 Å². The van der Waals surface area contributed by atoms with Crippen molar-refractivity contribution in [1.29, 1.82) is 5.26 Å². The van der Waals surface area contributed by atoms with E-state index >= 15 is 0 Å². The number of carbonyl (C=O) groups excluding carboxylic acids is 1. The molecule has 0 radical (unpaired) electrons. The van der Waals surface area contributed by atoms with Gasteiger partial charge in [-0.2, -0.15) is 18.4 Å². The first-order valence-corrected chi connectivity index (χ1v) is 11.1. The summed E-state index contributed by atoms with van der Waals surface area (Å²) in [6.07, 6.45) is -3.31. The van der Waals surface area contributed by atoms with E-state index in [1.807, 2.05) is 12.1 Å². The largest absolute Gasteiger partial charge is 0.488 e. The van der Waals surface area contributed by atoms with Gasteiger partial charge in [-0.25, -0.2) is 0 Å². The molecule has 0 aliphatic carbocycles. The van der Waals surface area contributed by atoms with Crippen LogP contribution in [0.5, 0.6) is 5.75 Å². The van der Waals surface area contributed by atoms with Gasteiger partial charge in [-0.1, -0.05) is 41.4 Å².